The molecular weight excluding hydrogens is 324 g/mol. The molecule has 2 aromatic carbocycles. The molecule has 0 aliphatic rings. The van der Waals surface area contributed by atoms with Crippen molar-refractivity contribution in [3.63, 3.8) is 0 Å². The monoisotopic (exact) mass is 335 g/mol. The van der Waals surface area contributed by atoms with E-state index < -0.39 is 12.6 Å². The van der Waals surface area contributed by atoms with Gasteiger partial charge in [0.05, 0.1) is 10.2 Å². The van der Waals surface area contributed by atoms with Gasteiger partial charge in [0.1, 0.15) is 5.75 Å². The van der Waals surface area contributed by atoms with Gasteiger partial charge in [-0.2, -0.15) is 8.78 Å². The number of nitrogens with zero attached hydrogens (tertiary/aromatic N) is 1. The first kappa shape index (κ1) is 15.2. The molecule has 0 unspecified atom stereocenters. The number of urea groups is 1. The zero-order valence-electron chi connectivity index (χ0n) is 11.6. The van der Waals surface area contributed by atoms with E-state index in [1.807, 2.05) is 24.3 Å². The number of benzene rings is 2. The predicted molar refractivity (Wildman–Crippen MR) is 85.3 cm³/mol. The Bertz CT molecular complexity index is 788. The average molecular weight is 335 g/mol. The van der Waals surface area contributed by atoms with Crippen LogP contribution < -0.4 is 15.4 Å². The van der Waals surface area contributed by atoms with Gasteiger partial charge < -0.3 is 10.1 Å². The number of anilines is 2. The number of fused-ring (bicyclic) bond motifs is 1. The zero-order chi connectivity index (χ0) is 16.2. The van der Waals surface area contributed by atoms with Gasteiger partial charge in [0.25, 0.3) is 0 Å². The number of halogens is 2. The van der Waals surface area contributed by atoms with Crippen LogP contribution in [0.2, 0.25) is 0 Å². The molecular formula is C15H11F2N3O2S. The normalized spacial score (nSPS) is 10.7. The van der Waals surface area contributed by atoms with Crippen LogP contribution in [-0.4, -0.2) is 17.6 Å². The van der Waals surface area contributed by atoms with E-state index in [1.54, 1.807) is 0 Å². The SMILES string of the molecule is O=C(Nc1ccc(OC(F)F)cc1)Nc1nc2ccccc2s1. The highest BCUT2D eigenvalue weighted by atomic mass is 32.1. The summed E-state index contributed by atoms with van der Waals surface area (Å²) >= 11 is 1.36. The van der Waals surface area contributed by atoms with Gasteiger partial charge >= 0.3 is 12.6 Å². The van der Waals surface area contributed by atoms with Crippen LogP contribution in [0, 0.1) is 0 Å². The molecule has 3 aromatic rings. The number of carbonyl (C=O) groups excluding carboxylic acids is 1. The molecule has 0 saturated heterocycles. The molecule has 1 aromatic heterocycles. The molecule has 0 saturated carbocycles. The molecule has 0 bridgehead atoms. The number of ether oxygens (including phenoxy) is 1. The van der Waals surface area contributed by atoms with Crippen molar-refractivity contribution in [2.45, 2.75) is 6.61 Å². The van der Waals surface area contributed by atoms with Crippen molar-refractivity contribution in [1.82, 2.24) is 4.98 Å². The highest BCUT2D eigenvalue weighted by molar-refractivity contribution is 7.22. The number of alkyl halides is 2. The summed E-state index contributed by atoms with van der Waals surface area (Å²) in [5.74, 6) is 0.0251. The van der Waals surface area contributed by atoms with Crippen LogP contribution in [0.4, 0.5) is 24.4 Å². The van der Waals surface area contributed by atoms with Crippen molar-refractivity contribution in [2.24, 2.45) is 0 Å². The number of nitrogens with one attached hydrogen (secondary N) is 2. The summed E-state index contributed by atoms with van der Waals surface area (Å²) in [5.41, 5.74) is 1.26. The fourth-order valence-electron chi connectivity index (χ4n) is 1.90. The summed E-state index contributed by atoms with van der Waals surface area (Å²) in [6.07, 6.45) is 0. The van der Waals surface area contributed by atoms with E-state index in [9.17, 15) is 13.6 Å². The molecule has 0 fully saturated rings. The largest absolute Gasteiger partial charge is 0.435 e. The Balaban J connectivity index is 1.62. The Morgan fingerprint density at radius 1 is 1.09 bits per heavy atom. The van der Waals surface area contributed by atoms with Crippen LogP contribution in [0.5, 0.6) is 5.75 Å². The average Bonchev–Trinajstić information content (AvgIpc) is 2.90. The second kappa shape index (κ2) is 6.57. The first-order valence-corrected chi connectivity index (χ1v) is 7.40. The lowest BCUT2D eigenvalue weighted by molar-refractivity contribution is -0.0498. The number of amides is 2. The fourth-order valence-corrected chi connectivity index (χ4v) is 2.77. The van der Waals surface area contributed by atoms with Gasteiger partial charge in [0.15, 0.2) is 5.13 Å². The fraction of sp³-hybridized carbons (Fsp3) is 0.0667. The first-order valence-electron chi connectivity index (χ1n) is 6.58. The predicted octanol–water partition coefficient (Wildman–Crippen LogP) is 4.54. The summed E-state index contributed by atoms with van der Waals surface area (Å²) in [6, 6.07) is 12.7. The summed E-state index contributed by atoms with van der Waals surface area (Å²) in [7, 11) is 0. The molecule has 0 aliphatic heterocycles. The van der Waals surface area contributed by atoms with Gasteiger partial charge in [0.2, 0.25) is 0 Å². The first-order chi connectivity index (χ1) is 11.1. The zero-order valence-corrected chi connectivity index (χ0v) is 12.4. The van der Waals surface area contributed by atoms with Crippen molar-refractivity contribution >= 4 is 38.4 Å². The molecule has 3 rings (SSSR count). The maximum absolute atomic E-state index is 12.1. The molecule has 118 valence electrons. The minimum atomic E-state index is -2.88. The van der Waals surface area contributed by atoms with Crippen molar-refractivity contribution in [1.29, 1.82) is 0 Å². The van der Waals surface area contributed by atoms with Crippen molar-refractivity contribution in [3.05, 3.63) is 48.5 Å². The number of para-hydroxylation sites is 1. The minimum Gasteiger partial charge on any atom is -0.435 e. The number of rotatable bonds is 4. The molecule has 5 nitrogen and oxygen atoms in total. The Morgan fingerprint density at radius 2 is 1.83 bits per heavy atom. The maximum atomic E-state index is 12.1. The standard InChI is InChI=1S/C15H11F2N3O2S/c16-13(17)22-10-7-5-9(6-8-10)18-14(21)20-15-19-11-3-1-2-4-12(11)23-15/h1-8,13H,(H2,18,19,20,21). The van der Waals surface area contributed by atoms with Gasteiger partial charge in [-0.05, 0) is 36.4 Å². The Kier molecular flexibility index (Phi) is 4.33. The third kappa shape index (κ3) is 3.92. The Morgan fingerprint density at radius 3 is 2.52 bits per heavy atom. The molecule has 0 aliphatic carbocycles. The quantitative estimate of drug-likeness (QED) is 0.736. The summed E-state index contributed by atoms with van der Waals surface area (Å²) in [5, 5.41) is 5.70. The number of hydrogen-bond acceptors (Lipinski definition) is 4. The van der Waals surface area contributed by atoms with Crippen molar-refractivity contribution in [3.8, 4) is 5.75 Å². The van der Waals surface area contributed by atoms with Gasteiger partial charge in [0, 0.05) is 5.69 Å². The van der Waals surface area contributed by atoms with E-state index in [0.717, 1.165) is 10.2 Å². The number of hydrogen-bond donors (Lipinski definition) is 2. The molecule has 0 radical (unpaired) electrons. The number of carbonyl (C=O) groups is 1. The third-order valence-electron chi connectivity index (χ3n) is 2.85. The highest BCUT2D eigenvalue weighted by Gasteiger charge is 2.08. The summed E-state index contributed by atoms with van der Waals surface area (Å²) in [4.78, 5) is 16.2. The minimum absolute atomic E-state index is 0.0251. The van der Waals surface area contributed by atoms with E-state index in [1.165, 1.54) is 35.6 Å². The van der Waals surface area contributed by atoms with E-state index in [2.05, 4.69) is 20.4 Å². The molecule has 23 heavy (non-hydrogen) atoms. The molecule has 0 atom stereocenters. The molecule has 0 spiro atoms. The van der Waals surface area contributed by atoms with E-state index in [0.29, 0.717) is 10.8 Å². The lowest BCUT2D eigenvalue weighted by atomic mass is 10.3. The molecule has 8 heteroatoms. The lowest BCUT2D eigenvalue weighted by Crippen LogP contribution is -2.19. The van der Waals surface area contributed by atoms with Crippen LogP contribution in [0.25, 0.3) is 10.2 Å². The topological polar surface area (TPSA) is 63.2 Å². The van der Waals surface area contributed by atoms with Crippen LogP contribution >= 0.6 is 11.3 Å². The number of aromatic nitrogens is 1. The maximum Gasteiger partial charge on any atom is 0.387 e. The summed E-state index contributed by atoms with van der Waals surface area (Å²) in [6.45, 7) is -2.88. The van der Waals surface area contributed by atoms with E-state index >= 15 is 0 Å². The van der Waals surface area contributed by atoms with Gasteiger partial charge in [-0.3, -0.25) is 5.32 Å². The van der Waals surface area contributed by atoms with Crippen LogP contribution in [0.3, 0.4) is 0 Å². The van der Waals surface area contributed by atoms with E-state index in [-0.39, 0.29) is 5.75 Å². The second-order valence-corrected chi connectivity index (χ2v) is 5.50. The second-order valence-electron chi connectivity index (χ2n) is 4.47. The van der Waals surface area contributed by atoms with Gasteiger partial charge in [-0.1, -0.05) is 23.5 Å². The van der Waals surface area contributed by atoms with Crippen molar-refractivity contribution in [2.75, 3.05) is 10.6 Å². The number of thiazole rings is 1. The van der Waals surface area contributed by atoms with Gasteiger partial charge in [-0.15, -0.1) is 0 Å². The van der Waals surface area contributed by atoms with Crippen LogP contribution in [0.1, 0.15) is 0 Å². The Labute approximate surface area is 133 Å². The third-order valence-corrected chi connectivity index (χ3v) is 3.80. The van der Waals surface area contributed by atoms with Crippen LogP contribution in [0.15, 0.2) is 48.5 Å². The molecule has 2 N–H and O–H groups in total. The highest BCUT2D eigenvalue weighted by Crippen LogP contribution is 2.25. The van der Waals surface area contributed by atoms with Crippen LogP contribution in [-0.2, 0) is 0 Å². The van der Waals surface area contributed by atoms with E-state index in [4.69, 9.17) is 0 Å². The molecule has 2 amide bonds. The van der Waals surface area contributed by atoms with Gasteiger partial charge in [-0.25, -0.2) is 9.78 Å². The molecule has 1 heterocycles. The Hall–Kier alpha value is -2.74. The van der Waals surface area contributed by atoms with Crippen molar-refractivity contribution < 1.29 is 18.3 Å². The smallest absolute Gasteiger partial charge is 0.387 e. The summed E-state index contributed by atoms with van der Waals surface area (Å²) < 4.78 is 29.3. The lowest BCUT2D eigenvalue weighted by Gasteiger charge is -2.07.